The number of pyridine rings is 1. The fraction of sp³-hybridized carbons (Fsp3) is 0.273. The topological polar surface area (TPSA) is 87.4 Å². The maximum absolute atomic E-state index is 14.6. The van der Waals surface area contributed by atoms with Crippen LogP contribution in [-0.4, -0.2) is 22.2 Å². The molecule has 0 unspecified atom stereocenters. The molecule has 3 aromatic carbocycles. The molecule has 41 heavy (non-hydrogen) atoms. The summed E-state index contributed by atoms with van der Waals surface area (Å²) < 4.78 is 27.3. The molecule has 8 heteroatoms. The second-order valence-electron chi connectivity index (χ2n) is 10.3. The van der Waals surface area contributed by atoms with Gasteiger partial charge in [-0.2, -0.15) is 5.26 Å². The summed E-state index contributed by atoms with van der Waals surface area (Å²) in [5.41, 5.74) is 5.55. The molecule has 0 spiro atoms. The molecule has 0 fully saturated rings. The van der Waals surface area contributed by atoms with Crippen molar-refractivity contribution in [3.63, 3.8) is 0 Å². The lowest BCUT2D eigenvalue weighted by molar-refractivity contribution is 0.152. The highest BCUT2D eigenvalue weighted by Crippen LogP contribution is 2.43. The van der Waals surface area contributed by atoms with E-state index in [0.717, 1.165) is 40.7 Å². The third-order valence-electron chi connectivity index (χ3n) is 7.42. The van der Waals surface area contributed by atoms with E-state index < -0.39 is 6.10 Å². The van der Waals surface area contributed by atoms with Crippen LogP contribution < -0.4 is 14.8 Å². The minimum Gasteiger partial charge on any atom is -0.488 e. The number of aromatic nitrogens is 1. The molecule has 1 heterocycles. The van der Waals surface area contributed by atoms with Crippen molar-refractivity contribution in [2.75, 3.05) is 0 Å². The number of halogens is 2. The molecule has 4 aromatic rings. The molecule has 5 rings (SSSR count). The van der Waals surface area contributed by atoms with Gasteiger partial charge in [0.25, 0.3) is 0 Å². The molecule has 1 aliphatic carbocycles. The van der Waals surface area contributed by atoms with E-state index in [2.05, 4.69) is 16.4 Å². The number of ether oxygens (including phenoxy) is 2. The largest absolute Gasteiger partial charge is 0.488 e. The number of rotatable bonds is 10. The number of benzene rings is 3. The van der Waals surface area contributed by atoms with E-state index in [0.29, 0.717) is 34.2 Å². The number of nitriles is 1. The van der Waals surface area contributed by atoms with E-state index in [9.17, 15) is 14.8 Å². The number of fused-ring (bicyclic) bond motifs is 1. The highest BCUT2D eigenvalue weighted by Gasteiger charge is 2.28. The molecule has 0 saturated heterocycles. The second-order valence-corrected chi connectivity index (χ2v) is 10.7. The standard InChI is InChI=1S/C33H31ClFN3O3/c1-20(21(2)39)38-18-24-13-29(34)33(14-32(24)40-19-23-12-22(15-36)16-37-17-23)41-31-11-10-26-25(7-5-8-28(26)31)27-6-3-4-9-30(27)35/h3-9,12-14,16-17,20-21,31,38-39H,10-11,18-19H2,1-2H3/t20-,21-,31-/m0/s1. The number of aliphatic hydroxyl groups is 1. The number of hydrogen-bond acceptors (Lipinski definition) is 6. The molecule has 1 aliphatic rings. The van der Waals surface area contributed by atoms with Gasteiger partial charge < -0.3 is 19.9 Å². The average Bonchev–Trinajstić information content (AvgIpc) is 3.39. The smallest absolute Gasteiger partial charge is 0.142 e. The number of nitrogens with one attached hydrogen (secondary N) is 1. The molecule has 0 bridgehead atoms. The summed E-state index contributed by atoms with van der Waals surface area (Å²) in [5, 5.41) is 22.9. The first-order chi connectivity index (χ1) is 19.8. The Morgan fingerprint density at radius 1 is 1.10 bits per heavy atom. The quantitative estimate of drug-likeness (QED) is 0.215. The van der Waals surface area contributed by atoms with E-state index in [1.807, 2.05) is 37.3 Å². The Balaban J connectivity index is 1.42. The zero-order chi connectivity index (χ0) is 28.9. The number of aliphatic hydroxyl groups excluding tert-OH is 1. The van der Waals surface area contributed by atoms with Crippen LogP contribution in [0.15, 0.2) is 73.1 Å². The van der Waals surface area contributed by atoms with Gasteiger partial charge in [0.2, 0.25) is 0 Å². The summed E-state index contributed by atoms with van der Waals surface area (Å²) in [7, 11) is 0. The zero-order valence-electron chi connectivity index (χ0n) is 22.9. The summed E-state index contributed by atoms with van der Waals surface area (Å²) in [6.45, 7) is 4.23. The molecule has 0 saturated carbocycles. The fourth-order valence-corrected chi connectivity index (χ4v) is 5.22. The van der Waals surface area contributed by atoms with Crippen molar-refractivity contribution in [2.45, 2.75) is 58.1 Å². The Hall–Kier alpha value is -3.96. The molecule has 3 atom stereocenters. The Morgan fingerprint density at radius 3 is 2.68 bits per heavy atom. The van der Waals surface area contributed by atoms with E-state index in [1.54, 1.807) is 37.4 Å². The lowest BCUT2D eigenvalue weighted by Gasteiger charge is -2.21. The first-order valence-electron chi connectivity index (χ1n) is 13.6. The van der Waals surface area contributed by atoms with Gasteiger partial charge in [-0.25, -0.2) is 4.39 Å². The molecular formula is C33H31ClFN3O3. The van der Waals surface area contributed by atoms with E-state index in [4.69, 9.17) is 21.1 Å². The fourth-order valence-electron chi connectivity index (χ4n) is 4.99. The Morgan fingerprint density at radius 2 is 1.90 bits per heavy atom. The van der Waals surface area contributed by atoms with Crippen LogP contribution in [0.25, 0.3) is 11.1 Å². The minimum atomic E-state index is -0.533. The van der Waals surface area contributed by atoms with Crippen molar-refractivity contribution in [3.8, 4) is 28.7 Å². The van der Waals surface area contributed by atoms with Gasteiger partial charge >= 0.3 is 0 Å². The summed E-state index contributed by atoms with van der Waals surface area (Å²) in [4.78, 5) is 4.11. The summed E-state index contributed by atoms with van der Waals surface area (Å²) in [5.74, 6) is 0.794. The van der Waals surface area contributed by atoms with Gasteiger partial charge in [-0.1, -0.05) is 48.0 Å². The Kier molecular flexibility index (Phi) is 8.84. The molecular weight excluding hydrogens is 541 g/mol. The summed E-state index contributed by atoms with van der Waals surface area (Å²) >= 11 is 6.74. The zero-order valence-corrected chi connectivity index (χ0v) is 23.7. The molecule has 6 nitrogen and oxygen atoms in total. The van der Waals surface area contributed by atoms with Crippen LogP contribution >= 0.6 is 11.6 Å². The van der Waals surface area contributed by atoms with Gasteiger partial charge in [0.15, 0.2) is 0 Å². The third-order valence-corrected chi connectivity index (χ3v) is 7.72. The number of nitrogens with zero attached hydrogens (tertiary/aromatic N) is 2. The van der Waals surface area contributed by atoms with Crippen LogP contribution in [-0.2, 0) is 19.6 Å². The van der Waals surface area contributed by atoms with Gasteiger partial charge in [0, 0.05) is 47.7 Å². The lowest BCUT2D eigenvalue weighted by atomic mass is 9.96. The van der Waals surface area contributed by atoms with Crippen molar-refractivity contribution in [1.82, 2.24) is 10.3 Å². The van der Waals surface area contributed by atoms with Crippen molar-refractivity contribution in [3.05, 3.63) is 112 Å². The Bertz CT molecular complexity index is 1590. The van der Waals surface area contributed by atoms with Gasteiger partial charge in [-0.05, 0) is 61.6 Å². The van der Waals surface area contributed by atoms with Crippen LogP contribution in [0.2, 0.25) is 5.02 Å². The average molecular weight is 572 g/mol. The van der Waals surface area contributed by atoms with E-state index in [-0.39, 0.29) is 24.6 Å². The second kappa shape index (κ2) is 12.7. The lowest BCUT2D eigenvalue weighted by Crippen LogP contribution is -2.35. The van der Waals surface area contributed by atoms with Gasteiger partial charge in [0.05, 0.1) is 16.7 Å². The maximum Gasteiger partial charge on any atom is 0.142 e. The highest BCUT2D eigenvalue weighted by atomic mass is 35.5. The SMILES string of the molecule is C[C@H](O)[C@H](C)NCc1cc(Cl)c(O[C@H]2CCc3c(-c4ccccc4F)cccc32)cc1OCc1cncc(C#N)c1. The van der Waals surface area contributed by atoms with Crippen LogP contribution in [0.4, 0.5) is 4.39 Å². The van der Waals surface area contributed by atoms with Crippen molar-refractivity contribution < 1.29 is 19.0 Å². The van der Waals surface area contributed by atoms with Crippen LogP contribution in [0.3, 0.4) is 0 Å². The minimum absolute atomic E-state index is 0.146. The van der Waals surface area contributed by atoms with E-state index in [1.165, 1.54) is 12.3 Å². The van der Waals surface area contributed by atoms with Crippen LogP contribution in [0.5, 0.6) is 11.5 Å². The van der Waals surface area contributed by atoms with E-state index >= 15 is 0 Å². The van der Waals surface area contributed by atoms with Gasteiger partial charge in [-0.3, -0.25) is 4.98 Å². The molecule has 0 radical (unpaired) electrons. The van der Waals surface area contributed by atoms with Gasteiger partial charge in [0.1, 0.15) is 36.1 Å². The maximum atomic E-state index is 14.6. The molecule has 1 aromatic heterocycles. The molecule has 0 amide bonds. The van der Waals surface area contributed by atoms with Crippen molar-refractivity contribution in [1.29, 1.82) is 5.26 Å². The monoisotopic (exact) mass is 571 g/mol. The summed E-state index contributed by atoms with van der Waals surface area (Å²) in [6.07, 6.45) is 3.86. The summed E-state index contributed by atoms with van der Waals surface area (Å²) in [6, 6.07) is 20.0. The van der Waals surface area contributed by atoms with Crippen LogP contribution in [0.1, 0.15) is 54.2 Å². The normalized spacial score (nSPS) is 15.6. The van der Waals surface area contributed by atoms with Gasteiger partial charge in [-0.15, -0.1) is 0 Å². The molecule has 210 valence electrons. The Labute approximate surface area is 244 Å². The van der Waals surface area contributed by atoms with Crippen molar-refractivity contribution in [2.24, 2.45) is 0 Å². The predicted octanol–water partition coefficient (Wildman–Crippen LogP) is 6.92. The molecule has 2 N–H and O–H groups in total. The predicted molar refractivity (Wildman–Crippen MR) is 156 cm³/mol. The van der Waals surface area contributed by atoms with Crippen molar-refractivity contribution >= 4 is 11.6 Å². The first kappa shape index (κ1) is 28.6. The highest BCUT2D eigenvalue weighted by molar-refractivity contribution is 6.32. The number of hydrogen-bond donors (Lipinski definition) is 2. The first-order valence-corrected chi connectivity index (χ1v) is 14.0. The molecule has 0 aliphatic heterocycles. The van der Waals surface area contributed by atoms with Crippen LogP contribution in [0, 0.1) is 17.1 Å². The third kappa shape index (κ3) is 6.52.